The van der Waals surface area contributed by atoms with Gasteiger partial charge in [-0.2, -0.15) is 0 Å². The minimum atomic E-state index is 0.165. The molecule has 0 amide bonds. The molecular formula is C15H15Cl2NO. The van der Waals surface area contributed by atoms with Gasteiger partial charge in [0.2, 0.25) is 0 Å². The molecule has 0 fully saturated rings. The lowest BCUT2D eigenvalue weighted by Crippen LogP contribution is -2.18. The van der Waals surface area contributed by atoms with Gasteiger partial charge in [-0.3, -0.25) is 4.79 Å². The molecule has 0 N–H and O–H groups in total. The molecule has 0 saturated carbocycles. The van der Waals surface area contributed by atoms with Crippen molar-refractivity contribution >= 4 is 34.6 Å². The number of allylic oxidation sites excluding steroid dienone is 3. The Hall–Kier alpha value is -1.12. The predicted molar refractivity (Wildman–Crippen MR) is 79.4 cm³/mol. The number of hydrogen-bond donors (Lipinski definition) is 0. The number of ketones is 1. The summed E-state index contributed by atoms with van der Waals surface area (Å²) < 4.78 is 0. The number of carbonyl (C=O) groups is 1. The molecule has 1 aliphatic carbocycles. The van der Waals surface area contributed by atoms with Crippen molar-refractivity contribution in [1.82, 2.24) is 4.98 Å². The summed E-state index contributed by atoms with van der Waals surface area (Å²) in [6.07, 6.45) is 1.33. The zero-order valence-corrected chi connectivity index (χ0v) is 12.5. The quantitative estimate of drug-likeness (QED) is 0.584. The number of halogens is 2. The van der Waals surface area contributed by atoms with E-state index in [4.69, 9.17) is 23.2 Å². The molecule has 0 radical (unpaired) electrons. The molecule has 0 spiro atoms. The molecule has 1 aromatic rings. The number of carbonyl (C=O) groups excluding carboxylic acids is 1. The molecule has 4 heteroatoms. The molecule has 1 atom stereocenters. The molecule has 100 valence electrons. The Kier molecular flexibility index (Phi) is 4.12. The summed E-state index contributed by atoms with van der Waals surface area (Å²) in [5, 5.41) is 0.681. The van der Waals surface area contributed by atoms with E-state index in [1.54, 1.807) is 12.1 Å². The summed E-state index contributed by atoms with van der Waals surface area (Å²) in [4.78, 5) is 16.0. The molecule has 1 aliphatic rings. The maximum Gasteiger partial charge on any atom is 0.159 e. The first-order valence-electron chi connectivity index (χ1n) is 6.10. The highest BCUT2D eigenvalue weighted by molar-refractivity contribution is 6.32. The Morgan fingerprint density at radius 2 is 1.89 bits per heavy atom. The van der Waals surface area contributed by atoms with Crippen molar-refractivity contribution in [3.05, 3.63) is 45.7 Å². The highest BCUT2D eigenvalue weighted by Crippen LogP contribution is 2.37. The highest BCUT2D eigenvalue weighted by atomic mass is 35.5. The van der Waals surface area contributed by atoms with Gasteiger partial charge in [-0.15, -0.1) is 0 Å². The smallest absolute Gasteiger partial charge is 0.159 e. The fourth-order valence-electron chi connectivity index (χ4n) is 2.34. The van der Waals surface area contributed by atoms with Crippen LogP contribution in [0.25, 0.3) is 5.57 Å². The number of pyridine rings is 1. The number of Topliss-reactive ketones (excluding diaryl/α,β-unsaturated/α-hetero) is 1. The zero-order valence-electron chi connectivity index (χ0n) is 11.0. The van der Waals surface area contributed by atoms with E-state index in [0.29, 0.717) is 16.7 Å². The maximum atomic E-state index is 12.1. The second kappa shape index (κ2) is 5.48. The lowest BCUT2D eigenvalue weighted by Gasteiger charge is -2.25. The fraction of sp³-hybridized carbons (Fsp3) is 0.333. The van der Waals surface area contributed by atoms with Gasteiger partial charge in [-0.1, -0.05) is 35.4 Å². The van der Waals surface area contributed by atoms with E-state index in [-0.39, 0.29) is 11.7 Å². The Labute approximate surface area is 123 Å². The van der Waals surface area contributed by atoms with Crippen molar-refractivity contribution in [2.24, 2.45) is 5.92 Å². The van der Waals surface area contributed by atoms with E-state index in [1.165, 1.54) is 0 Å². The summed E-state index contributed by atoms with van der Waals surface area (Å²) in [6.45, 7) is 7.78. The molecule has 0 saturated heterocycles. The van der Waals surface area contributed by atoms with Gasteiger partial charge in [0.15, 0.2) is 5.78 Å². The van der Waals surface area contributed by atoms with E-state index in [0.717, 1.165) is 28.7 Å². The van der Waals surface area contributed by atoms with Crippen molar-refractivity contribution in [3.8, 4) is 0 Å². The molecule has 2 nitrogen and oxygen atoms in total. The van der Waals surface area contributed by atoms with Gasteiger partial charge in [0, 0.05) is 6.42 Å². The van der Waals surface area contributed by atoms with Crippen molar-refractivity contribution < 1.29 is 4.79 Å². The topological polar surface area (TPSA) is 30.0 Å². The third kappa shape index (κ3) is 3.07. The summed E-state index contributed by atoms with van der Waals surface area (Å²) in [6, 6.07) is 3.50. The first-order valence-corrected chi connectivity index (χ1v) is 6.86. The van der Waals surface area contributed by atoms with Crippen LogP contribution in [0.2, 0.25) is 10.3 Å². The third-order valence-corrected chi connectivity index (χ3v) is 3.95. The van der Waals surface area contributed by atoms with E-state index in [9.17, 15) is 4.79 Å². The number of aromatic nitrogens is 1. The first-order chi connectivity index (χ1) is 8.88. The fourth-order valence-corrected chi connectivity index (χ4v) is 2.80. The summed E-state index contributed by atoms with van der Waals surface area (Å²) in [7, 11) is 0. The molecule has 1 unspecified atom stereocenters. The minimum Gasteiger partial charge on any atom is -0.295 e. The predicted octanol–water partition coefficient (Wildman–Crippen LogP) is 4.72. The average molecular weight is 296 g/mol. The van der Waals surface area contributed by atoms with Crippen LogP contribution in [0.15, 0.2) is 29.9 Å². The Morgan fingerprint density at radius 1 is 1.32 bits per heavy atom. The van der Waals surface area contributed by atoms with Gasteiger partial charge in [0.25, 0.3) is 0 Å². The number of hydrogen-bond acceptors (Lipinski definition) is 2. The zero-order chi connectivity index (χ0) is 14.2. The molecule has 1 heterocycles. The van der Waals surface area contributed by atoms with Crippen LogP contribution in [0, 0.1) is 5.92 Å². The van der Waals surface area contributed by atoms with E-state index < -0.39 is 0 Å². The molecule has 2 rings (SSSR count). The molecule has 0 bridgehead atoms. The van der Waals surface area contributed by atoms with Crippen molar-refractivity contribution in [2.45, 2.75) is 26.7 Å². The second-order valence-electron chi connectivity index (χ2n) is 4.98. The van der Waals surface area contributed by atoms with Crippen molar-refractivity contribution in [1.29, 1.82) is 0 Å². The van der Waals surface area contributed by atoms with Crippen LogP contribution in [-0.4, -0.2) is 10.8 Å². The largest absolute Gasteiger partial charge is 0.295 e. The SMILES string of the molecule is C=C(C)C1CC(=O)C(C)=C(c2cc(Cl)nc(Cl)c2)C1. The Balaban J connectivity index is 2.48. The second-order valence-corrected chi connectivity index (χ2v) is 5.75. The van der Waals surface area contributed by atoms with Crippen LogP contribution in [0.1, 0.15) is 32.3 Å². The van der Waals surface area contributed by atoms with Crippen LogP contribution in [0.3, 0.4) is 0 Å². The summed E-state index contributed by atoms with van der Waals surface area (Å²) >= 11 is 11.9. The number of nitrogens with zero attached hydrogens (tertiary/aromatic N) is 1. The van der Waals surface area contributed by atoms with Gasteiger partial charge in [0.1, 0.15) is 10.3 Å². The average Bonchev–Trinajstić information content (AvgIpc) is 2.30. The van der Waals surface area contributed by atoms with E-state index >= 15 is 0 Å². The monoisotopic (exact) mass is 295 g/mol. The van der Waals surface area contributed by atoms with Crippen LogP contribution in [0.4, 0.5) is 0 Å². The normalized spacial score (nSPS) is 19.8. The number of rotatable bonds is 2. The van der Waals surface area contributed by atoms with Gasteiger partial charge in [-0.25, -0.2) is 4.98 Å². The lowest BCUT2D eigenvalue weighted by molar-refractivity contribution is -0.116. The van der Waals surface area contributed by atoms with E-state index in [1.807, 2.05) is 13.8 Å². The summed E-state index contributed by atoms with van der Waals surface area (Å²) in [5.41, 5.74) is 3.69. The van der Waals surface area contributed by atoms with E-state index in [2.05, 4.69) is 11.6 Å². The van der Waals surface area contributed by atoms with Gasteiger partial charge in [-0.05, 0) is 55.0 Å². The molecule has 19 heavy (non-hydrogen) atoms. The summed E-state index contributed by atoms with van der Waals surface area (Å²) in [5.74, 6) is 0.357. The van der Waals surface area contributed by atoms with Gasteiger partial charge >= 0.3 is 0 Å². The van der Waals surface area contributed by atoms with Crippen molar-refractivity contribution in [3.63, 3.8) is 0 Å². The molecule has 0 aromatic carbocycles. The standard InChI is InChI=1S/C15H15Cl2NO/c1-8(2)10-4-12(9(3)13(19)5-10)11-6-14(16)18-15(17)7-11/h6-7,10H,1,4-5H2,2-3H3. The molecular weight excluding hydrogens is 281 g/mol. The third-order valence-electron chi connectivity index (χ3n) is 3.56. The van der Waals surface area contributed by atoms with Crippen LogP contribution in [-0.2, 0) is 4.79 Å². The van der Waals surface area contributed by atoms with Crippen molar-refractivity contribution in [2.75, 3.05) is 0 Å². The molecule has 0 aliphatic heterocycles. The Bertz CT molecular complexity index is 570. The maximum absolute atomic E-state index is 12.1. The van der Waals surface area contributed by atoms with Crippen LogP contribution >= 0.6 is 23.2 Å². The highest BCUT2D eigenvalue weighted by Gasteiger charge is 2.26. The van der Waals surface area contributed by atoms with Crippen LogP contribution in [0.5, 0.6) is 0 Å². The van der Waals surface area contributed by atoms with Gasteiger partial charge < -0.3 is 0 Å². The van der Waals surface area contributed by atoms with Crippen LogP contribution < -0.4 is 0 Å². The lowest BCUT2D eigenvalue weighted by atomic mass is 9.78. The molecule has 1 aromatic heterocycles. The minimum absolute atomic E-state index is 0.165. The first kappa shape index (κ1) is 14.3. The van der Waals surface area contributed by atoms with Gasteiger partial charge in [0.05, 0.1) is 0 Å². The Morgan fingerprint density at radius 3 is 2.42 bits per heavy atom.